The Labute approximate surface area is 224 Å². The summed E-state index contributed by atoms with van der Waals surface area (Å²) in [6.07, 6.45) is 5.54. The van der Waals surface area contributed by atoms with E-state index in [2.05, 4.69) is 84.6 Å². The van der Waals surface area contributed by atoms with Crippen molar-refractivity contribution in [3.63, 3.8) is 0 Å². The monoisotopic (exact) mass is 502 g/mol. The molecule has 3 fully saturated rings. The molecule has 4 nitrogen and oxygen atoms in total. The van der Waals surface area contributed by atoms with Crippen molar-refractivity contribution in [2.75, 3.05) is 20.2 Å². The first kappa shape index (κ1) is 23.5. The number of hydrogen-bond donors (Lipinski definition) is 0. The van der Waals surface area contributed by atoms with E-state index in [1.54, 1.807) is 7.11 Å². The van der Waals surface area contributed by atoms with Crippen LogP contribution in [0.4, 0.5) is 0 Å². The van der Waals surface area contributed by atoms with Gasteiger partial charge in [-0.05, 0) is 77.7 Å². The fourth-order valence-corrected chi connectivity index (χ4v) is 7.08. The molecule has 2 bridgehead atoms. The Bertz CT molecular complexity index is 1630. The lowest BCUT2D eigenvalue weighted by Crippen LogP contribution is -2.56. The van der Waals surface area contributed by atoms with Crippen molar-refractivity contribution in [2.24, 2.45) is 11.8 Å². The predicted molar refractivity (Wildman–Crippen MR) is 155 cm³/mol. The van der Waals surface area contributed by atoms with E-state index in [1.165, 1.54) is 41.0 Å². The van der Waals surface area contributed by atoms with E-state index in [-0.39, 0.29) is 6.10 Å². The second-order valence-electron chi connectivity index (χ2n) is 11.0. The van der Waals surface area contributed by atoms with Crippen LogP contribution < -0.4 is 9.47 Å². The smallest absolute Gasteiger partial charge is 0.140 e. The van der Waals surface area contributed by atoms with Crippen molar-refractivity contribution in [3.05, 3.63) is 90.6 Å². The molecule has 4 aromatic carbocycles. The van der Waals surface area contributed by atoms with Crippen LogP contribution in [-0.4, -0.2) is 36.1 Å². The van der Waals surface area contributed by atoms with Crippen LogP contribution in [0.15, 0.2) is 85.1 Å². The van der Waals surface area contributed by atoms with E-state index >= 15 is 0 Å². The summed E-state index contributed by atoms with van der Waals surface area (Å²) < 4.78 is 12.9. The van der Waals surface area contributed by atoms with Crippen molar-refractivity contribution in [3.8, 4) is 11.5 Å². The normalized spacial score (nSPS) is 23.6. The average Bonchev–Trinajstić information content (AvgIpc) is 2.99. The molecule has 0 N–H and O–H groups in total. The molecule has 5 aromatic rings. The van der Waals surface area contributed by atoms with E-state index in [0.717, 1.165) is 52.7 Å². The molecule has 8 rings (SSSR count). The Hall–Kier alpha value is -3.63. The van der Waals surface area contributed by atoms with Gasteiger partial charge in [-0.15, -0.1) is 0 Å². The standard InChI is InChI=1S/C34H34N2O2/c1-3-22-21-36-17-15-23(22)18-32(36)34(29-14-16-35-31-13-12-25(37-2)20-30(29)31)38-33-19-24-8-4-5-9-26(24)27-10-6-7-11-28(27)33/h4-14,16,19-20,22-23,32,34H,3,15,17-18,21H2,1-2H3/t22-,23?,32-,34+/m0/s1. The molecule has 4 heterocycles. The van der Waals surface area contributed by atoms with Gasteiger partial charge in [0.15, 0.2) is 0 Å². The minimum absolute atomic E-state index is 0.113. The third-order valence-corrected chi connectivity index (χ3v) is 9.08. The van der Waals surface area contributed by atoms with Crippen LogP contribution in [0.2, 0.25) is 0 Å². The van der Waals surface area contributed by atoms with Crippen molar-refractivity contribution in [1.82, 2.24) is 9.88 Å². The van der Waals surface area contributed by atoms with Crippen LogP contribution in [0.25, 0.3) is 32.4 Å². The fraction of sp³-hybridized carbons (Fsp3) is 0.324. The molecule has 192 valence electrons. The number of nitrogens with zero attached hydrogens (tertiary/aromatic N) is 2. The first-order chi connectivity index (χ1) is 18.7. The van der Waals surface area contributed by atoms with Crippen LogP contribution in [0.3, 0.4) is 0 Å². The largest absolute Gasteiger partial charge is 0.497 e. The molecule has 0 radical (unpaired) electrons. The number of aromatic nitrogens is 1. The van der Waals surface area contributed by atoms with E-state index < -0.39 is 0 Å². The molecular formula is C34H34N2O2. The predicted octanol–water partition coefficient (Wildman–Crippen LogP) is 7.79. The second-order valence-corrected chi connectivity index (χ2v) is 11.0. The maximum atomic E-state index is 7.25. The van der Waals surface area contributed by atoms with Crippen LogP contribution >= 0.6 is 0 Å². The van der Waals surface area contributed by atoms with Gasteiger partial charge in [0, 0.05) is 29.1 Å². The molecule has 5 atom stereocenters. The van der Waals surface area contributed by atoms with Crippen LogP contribution in [0, 0.1) is 11.8 Å². The Balaban J connectivity index is 1.41. The number of ether oxygens (including phenoxy) is 2. The Kier molecular flexibility index (Phi) is 5.93. The van der Waals surface area contributed by atoms with Crippen molar-refractivity contribution >= 4 is 32.4 Å². The van der Waals surface area contributed by atoms with Gasteiger partial charge >= 0.3 is 0 Å². The minimum atomic E-state index is -0.113. The quantitative estimate of drug-likeness (QED) is 0.222. The highest BCUT2D eigenvalue weighted by molar-refractivity contribution is 6.10. The molecule has 3 aliphatic heterocycles. The molecule has 4 heteroatoms. The lowest BCUT2D eigenvalue weighted by Gasteiger charge is -2.52. The minimum Gasteiger partial charge on any atom is -0.497 e. The van der Waals surface area contributed by atoms with E-state index in [1.807, 2.05) is 12.3 Å². The highest BCUT2D eigenvalue weighted by Gasteiger charge is 2.44. The number of piperidine rings is 3. The highest BCUT2D eigenvalue weighted by atomic mass is 16.5. The summed E-state index contributed by atoms with van der Waals surface area (Å²) >= 11 is 0. The van der Waals surface area contributed by atoms with Gasteiger partial charge in [0.1, 0.15) is 17.6 Å². The summed E-state index contributed by atoms with van der Waals surface area (Å²) in [6.45, 7) is 4.66. The first-order valence-electron chi connectivity index (χ1n) is 14.0. The summed E-state index contributed by atoms with van der Waals surface area (Å²) in [6, 6.07) is 28.2. The third kappa shape index (κ3) is 3.90. The second kappa shape index (κ2) is 9.59. The van der Waals surface area contributed by atoms with Gasteiger partial charge in [-0.3, -0.25) is 9.88 Å². The molecule has 3 aliphatic rings. The summed E-state index contributed by atoms with van der Waals surface area (Å²) in [5.41, 5.74) is 2.17. The molecule has 2 unspecified atom stereocenters. The van der Waals surface area contributed by atoms with Gasteiger partial charge in [-0.1, -0.05) is 61.9 Å². The van der Waals surface area contributed by atoms with E-state index in [4.69, 9.17) is 14.5 Å². The first-order valence-corrected chi connectivity index (χ1v) is 14.0. The summed E-state index contributed by atoms with van der Waals surface area (Å²) in [5, 5.41) is 5.97. The number of hydrogen-bond acceptors (Lipinski definition) is 4. The number of fused-ring (bicyclic) bond motifs is 7. The lowest BCUT2D eigenvalue weighted by atomic mass is 9.72. The van der Waals surface area contributed by atoms with Crippen molar-refractivity contribution in [2.45, 2.75) is 38.3 Å². The van der Waals surface area contributed by atoms with Gasteiger partial charge in [0.25, 0.3) is 0 Å². The Morgan fingerprint density at radius 3 is 2.53 bits per heavy atom. The van der Waals surface area contributed by atoms with Crippen LogP contribution in [0.1, 0.15) is 37.9 Å². The zero-order valence-electron chi connectivity index (χ0n) is 22.1. The van der Waals surface area contributed by atoms with E-state index in [0.29, 0.717) is 6.04 Å². The fourth-order valence-electron chi connectivity index (χ4n) is 7.08. The molecule has 38 heavy (non-hydrogen) atoms. The summed E-state index contributed by atoms with van der Waals surface area (Å²) in [4.78, 5) is 7.39. The van der Waals surface area contributed by atoms with Crippen LogP contribution in [0.5, 0.6) is 11.5 Å². The molecule has 3 saturated heterocycles. The zero-order chi connectivity index (χ0) is 25.6. The maximum Gasteiger partial charge on any atom is 0.140 e. The zero-order valence-corrected chi connectivity index (χ0v) is 22.1. The molecular weight excluding hydrogens is 468 g/mol. The highest BCUT2D eigenvalue weighted by Crippen LogP contribution is 2.45. The molecule has 0 amide bonds. The maximum absolute atomic E-state index is 7.25. The summed E-state index contributed by atoms with van der Waals surface area (Å²) in [5.74, 6) is 3.35. The van der Waals surface area contributed by atoms with Gasteiger partial charge in [-0.2, -0.15) is 0 Å². The van der Waals surface area contributed by atoms with Gasteiger partial charge in [0.05, 0.1) is 18.7 Å². The van der Waals surface area contributed by atoms with Gasteiger partial charge < -0.3 is 9.47 Å². The molecule has 0 spiro atoms. The molecule has 0 aliphatic carbocycles. The average molecular weight is 503 g/mol. The van der Waals surface area contributed by atoms with Crippen molar-refractivity contribution in [1.29, 1.82) is 0 Å². The van der Waals surface area contributed by atoms with Crippen molar-refractivity contribution < 1.29 is 9.47 Å². The summed E-state index contributed by atoms with van der Waals surface area (Å²) in [7, 11) is 1.73. The Morgan fingerprint density at radius 1 is 0.921 bits per heavy atom. The number of benzene rings is 4. The SMILES string of the molecule is CC[C@H]1CN2CCC1C[C@H]2[C@H](Oc1cc2ccccc2c2ccccc12)c1ccnc2ccc(OC)cc12. The Morgan fingerprint density at radius 2 is 1.74 bits per heavy atom. The third-order valence-electron chi connectivity index (χ3n) is 9.08. The lowest BCUT2D eigenvalue weighted by molar-refractivity contribution is -0.0480. The molecule has 0 saturated carbocycles. The van der Waals surface area contributed by atoms with Crippen LogP contribution in [-0.2, 0) is 0 Å². The van der Waals surface area contributed by atoms with E-state index in [9.17, 15) is 0 Å². The topological polar surface area (TPSA) is 34.6 Å². The van der Waals surface area contributed by atoms with Gasteiger partial charge in [-0.25, -0.2) is 0 Å². The number of rotatable bonds is 6. The number of pyridine rings is 1. The number of methoxy groups -OCH3 is 1. The van der Waals surface area contributed by atoms with Gasteiger partial charge in [0.2, 0.25) is 0 Å². The molecule has 1 aromatic heterocycles.